The van der Waals surface area contributed by atoms with Crippen molar-refractivity contribution in [2.45, 2.75) is 13.3 Å². The van der Waals surface area contributed by atoms with Gasteiger partial charge in [0.15, 0.2) is 0 Å². The Morgan fingerprint density at radius 2 is 1.81 bits per heavy atom. The van der Waals surface area contributed by atoms with Gasteiger partial charge in [-0.3, -0.25) is 4.57 Å². The second-order valence-corrected chi connectivity index (χ2v) is 5.24. The summed E-state index contributed by atoms with van der Waals surface area (Å²) >= 11 is 5.82. The van der Waals surface area contributed by atoms with Crippen LogP contribution in [-0.2, 0) is 6.42 Å². The summed E-state index contributed by atoms with van der Waals surface area (Å²) in [7, 11) is 0. The Morgan fingerprint density at radius 3 is 2.57 bits per heavy atom. The van der Waals surface area contributed by atoms with Gasteiger partial charge in [-0.2, -0.15) is 0 Å². The highest BCUT2D eigenvalue weighted by molar-refractivity contribution is 6.17. The Hall–Kier alpha value is -1.94. The fraction of sp³-hybridized carbons (Fsp3) is 0.188. The molecule has 0 amide bonds. The van der Waals surface area contributed by atoms with Crippen molar-refractivity contribution in [1.29, 1.82) is 0 Å². The van der Waals surface area contributed by atoms with E-state index < -0.39 is 0 Å². The van der Waals surface area contributed by atoms with Crippen molar-refractivity contribution in [3.8, 4) is 5.69 Å². The molecule has 0 aliphatic carbocycles. The van der Waals surface area contributed by atoms with Crippen LogP contribution in [0.4, 0.5) is 8.78 Å². The van der Waals surface area contributed by atoms with E-state index in [4.69, 9.17) is 11.6 Å². The van der Waals surface area contributed by atoms with E-state index in [1.165, 1.54) is 24.3 Å². The van der Waals surface area contributed by atoms with Crippen LogP contribution in [0.1, 0.15) is 11.4 Å². The molecule has 2 aromatic carbocycles. The highest BCUT2D eigenvalue weighted by atomic mass is 35.5. The van der Waals surface area contributed by atoms with Crippen molar-refractivity contribution in [3.63, 3.8) is 0 Å². The van der Waals surface area contributed by atoms with E-state index in [9.17, 15) is 8.78 Å². The van der Waals surface area contributed by atoms with E-state index in [2.05, 4.69) is 4.98 Å². The lowest BCUT2D eigenvalue weighted by Gasteiger charge is -2.12. The summed E-state index contributed by atoms with van der Waals surface area (Å²) in [5, 5.41) is 0. The SMILES string of the molecule is Cc1ccc(F)cc1-n1c(CCCl)nc2ccc(F)cc21. The third kappa shape index (κ3) is 2.51. The Balaban J connectivity index is 2.35. The summed E-state index contributed by atoms with van der Waals surface area (Å²) in [5.74, 6) is 0.389. The van der Waals surface area contributed by atoms with Crippen molar-refractivity contribution in [2.24, 2.45) is 0 Å². The molecule has 0 spiro atoms. The molecule has 0 N–H and O–H groups in total. The summed E-state index contributed by atoms with van der Waals surface area (Å²) in [5.41, 5.74) is 2.82. The molecule has 0 bridgehead atoms. The minimum absolute atomic E-state index is 0.342. The van der Waals surface area contributed by atoms with Gasteiger partial charge in [-0.05, 0) is 36.8 Å². The van der Waals surface area contributed by atoms with E-state index >= 15 is 0 Å². The van der Waals surface area contributed by atoms with Crippen LogP contribution in [0.15, 0.2) is 36.4 Å². The second-order valence-electron chi connectivity index (χ2n) is 4.87. The first kappa shape index (κ1) is 14.0. The van der Waals surface area contributed by atoms with Gasteiger partial charge < -0.3 is 0 Å². The number of hydrogen-bond acceptors (Lipinski definition) is 1. The standard InChI is InChI=1S/C16H13ClF2N2/c1-10-2-3-11(18)8-14(10)21-15-9-12(19)4-5-13(15)20-16(21)6-7-17/h2-5,8-9H,6-7H2,1H3. The molecule has 0 radical (unpaired) electrons. The van der Waals surface area contributed by atoms with Gasteiger partial charge in [0.25, 0.3) is 0 Å². The first-order valence-corrected chi connectivity index (χ1v) is 7.13. The van der Waals surface area contributed by atoms with Crippen molar-refractivity contribution in [3.05, 3.63) is 59.4 Å². The van der Waals surface area contributed by atoms with Gasteiger partial charge in [-0.15, -0.1) is 11.6 Å². The van der Waals surface area contributed by atoms with Crippen LogP contribution in [0.25, 0.3) is 16.7 Å². The molecule has 21 heavy (non-hydrogen) atoms. The predicted octanol–water partition coefficient (Wildman–Crippen LogP) is 4.39. The molecule has 0 fully saturated rings. The lowest BCUT2D eigenvalue weighted by molar-refractivity contribution is 0.625. The number of aryl methyl sites for hydroxylation is 2. The number of hydrogen-bond donors (Lipinski definition) is 0. The molecular weight excluding hydrogens is 294 g/mol. The first-order valence-electron chi connectivity index (χ1n) is 6.59. The number of alkyl halides is 1. The molecular formula is C16H13ClF2N2. The van der Waals surface area contributed by atoms with Crippen LogP contribution >= 0.6 is 11.6 Å². The fourth-order valence-electron chi connectivity index (χ4n) is 2.44. The smallest absolute Gasteiger partial charge is 0.125 e. The zero-order valence-electron chi connectivity index (χ0n) is 11.4. The normalized spacial score (nSPS) is 11.2. The third-order valence-corrected chi connectivity index (χ3v) is 3.61. The number of imidazole rings is 1. The molecule has 0 unspecified atom stereocenters. The predicted molar refractivity (Wildman–Crippen MR) is 80.1 cm³/mol. The van der Waals surface area contributed by atoms with E-state index in [1.807, 2.05) is 6.92 Å². The molecule has 0 aliphatic rings. The Labute approximate surface area is 126 Å². The van der Waals surface area contributed by atoms with Crippen molar-refractivity contribution >= 4 is 22.6 Å². The quantitative estimate of drug-likeness (QED) is 0.656. The third-order valence-electron chi connectivity index (χ3n) is 3.42. The van der Waals surface area contributed by atoms with Gasteiger partial charge >= 0.3 is 0 Å². The Bertz CT molecular complexity index is 811. The number of halogens is 3. The summed E-state index contributed by atoms with van der Waals surface area (Å²) in [4.78, 5) is 4.48. The molecule has 2 nitrogen and oxygen atoms in total. The first-order chi connectivity index (χ1) is 10.1. The Kier molecular flexibility index (Phi) is 3.64. The van der Waals surface area contributed by atoms with Crippen molar-refractivity contribution < 1.29 is 8.78 Å². The molecule has 108 valence electrons. The summed E-state index contributed by atoms with van der Waals surface area (Å²) in [6.07, 6.45) is 0.522. The van der Waals surface area contributed by atoms with Gasteiger partial charge in [-0.25, -0.2) is 13.8 Å². The average Bonchev–Trinajstić information content (AvgIpc) is 2.79. The van der Waals surface area contributed by atoms with Crippen LogP contribution in [0.2, 0.25) is 0 Å². The topological polar surface area (TPSA) is 17.8 Å². The van der Waals surface area contributed by atoms with Crippen molar-refractivity contribution in [2.75, 3.05) is 5.88 Å². The van der Waals surface area contributed by atoms with Crippen LogP contribution in [0.3, 0.4) is 0 Å². The zero-order chi connectivity index (χ0) is 15.0. The largest absolute Gasteiger partial charge is 0.296 e. The maximum atomic E-state index is 13.6. The lowest BCUT2D eigenvalue weighted by atomic mass is 10.2. The van der Waals surface area contributed by atoms with Crippen LogP contribution in [-0.4, -0.2) is 15.4 Å². The molecule has 1 aromatic heterocycles. The minimum atomic E-state index is -0.352. The second kappa shape index (κ2) is 5.45. The van der Waals surface area contributed by atoms with Gasteiger partial charge in [-0.1, -0.05) is 6.07 Å². The highest BCUT2D eigenvalue weighted by Gasteiger charge is 2.15. The number of aromatic nitrogens is 2. The van der Waals surface area contributed by atoms with Gasteiger partial charge in [0.05, 0.1) is 16.7 Å². The van der Waals surface area contributed by atoms with Crippen LogP contribution in [0, 0.1) is 18.6 Å². The number of benzene rings is 2. The van der Waals surface area contributed by atoms with Gasteiger partial charge in [0.1, 0.15) is 17.5 Å². The lowest BCUT2D eigenvalue weighted by Crippen LogP contribution is -2.04. The minimum Gasteiger partial charge on any atom is -0.296 e. The maximum Gasteiger partial charge on any atom is 0.125 e. The van der Waals surface area contributed by atoms with Crippen molar-refractivity contribution in [1.82, 2.24) is 9.55 Å². The van der Waals surface area contributed by atoms with E-state index in [0.29, 0.717) is 34.8 Å². The molecule has 3 aromatic rings. The molecule has 0 saturated heterocycles. The zero-order valence-corrected chi connectivity index (χ0v) is 12.2. The summed E-state index contributed by atoms with van der Waals surface area (Å²) < 4.78 is 28.9. The maximum absolute atomic E-state index is 13.6. The van der Waals surface area contributed by atoms with Crippen LogP contribution in [0.5, 0.6) is 0 Å². The fourth-order valence-corrected chi connectivity index (χ4v) is 2.61. The number of rotatable bonds is 3. The van der Waals surface area contributed by atoms with Gasteiger partial charge in [0, 0.05) is 18.4 Å². The monoisotopic (exact) mass is 306 g/mol. The summed E-state index contributed by atoms with van der Waals surface area (Å²) in [6.45, 7) is 1.88. The molecule has 0 aliphatic heterocycles. The average molecular weight is 307 g/mol. The molecule has 5 heteroatoms. The summed E-state index contributed by atoms with van der Waals surface area (Å²) in [6, 6.07) is 8.92. The van der Waals surface area contributed by atoms with E-state index in [1.54, 1.807) is 16.7 Å². The number of fused-ring (bicyclic) bond motifs is 1. The van der Waals surface area contributed by atoms with Gasteiger partial charge in [0.2, 0.25) is 0 Å². The highest BCUT2D eigenvalue weighted by Crippen LogP contribution is 2.25. The number of nitrogens with zero attached hydrogens (tertiary/aromatic N) is 2. The van der Waals surface area contributed by atoms with E-state index in [0.717, 1.165) is 5.56 Å². The molecule has 3 rings (SSSR count). The molecule has 0 atom stereocenters. The van der Waals surface area contributed by atoms with Crippen LogP contribution < -0.4 is 0 Å². The molecule has 1 heterocycles. The molecule has 0 saturated carbocycles. The Morgan fingerprint density at radius 1 is 1.10 bits per heavy atom. The van der Waals surface area contributed by atoms with E-state index in [-0.39, 0.29) is 11.6 Å².